The first-order valence-corrected chi connectivity index (χ1v) is 12.3. The van der Waals surface area contributed by atoms with Gasteiger partial charge in [-0.3, -0.25) is 4.79 Å². The lowest BCUT2D eigenvalue weighted by Crippen LogP contribution is -2.48. The molecule has 6 nitrogen and oxygen atoms in total. The van der Waals surface area contributed by atoms with Crippen LogP contribution in [0.5, 0.6) is 0 Å². The van der Waals surface area contributed by atoms with Crippen molar-refractivity contribution in [2.24, 2.45) is 0 Å². The van der Waals surface area contributed by atoms with E-state index in [2.05, 4.69) is 0 Å². The van der Waals surface area contributed by atoms with Crippen LogP contribution in [0.25, 0.3) is 0 Å². The molecule has 3 aromatic rings. The van der Waals surface area contributed by atoms with Gasteiger partial charge in [-0.25, -0.2) is 22.0 Å². The number of aryl methyl sites for hydroxylation is 1. The predicted molar refractivity (Wildman–Crippen MR) is 122 cm³/mol. The summed E-state index contributed by atoms with van der Waals surface area (Å²) in [5.74, 6) is -4.47. The topological polar surface area (TPSA) is 80.8 Å². The standard InChI is InChI=1S/C25H21F2NO5S/c1-16-10-12-17(13-11-16)28(24(29)18-6-2-4-8-20(18)26)22-14-34(31,32)15-23(22)33-25(30)19-7-3-5-9-21(19)27/h2-13,22-23H,14-15H2,1H3/t22-,23-/m1/s1. The summed E-state index contributed by atoms with van der Waals surface area (Å²) in [5, 5.41) is 0. The van der Waals surface area contributed by atoms with Gasteiger partial charge in [-0.05, 0) is 43.3 Å². The van der Waals surface area contributed by atoms with E-state index < -0.39 is 57.0 Å². The van der Waals surface area contributed by atoms with Gasteiger partial charge in [0, 0.05) is 5.69 Å². The SMILES string of the molecule is Cc1ccc(N(C(=O)c2ccccc2F)[C@@H]2CS(=O)(=O)C[C@H]2OC(=O)c2ccccc2F)cc1. The maximum absolute atomic E-state index is 14.5. The third kappa shape index (κ3) is 4.84. The molecule has 1 saturated heterocycles. The van der Waals surface area contributed by atoms with Crippen molar-refractivity contribution >= 4 is 27.4 Å². The van der Waals surface area contributed by atoms with Crippen LogP contribution in [0.2, 0.25) is 0 Å². The van der Waals surface area contributed by atoms with Crippen LogP contribution >= 0.6 is 0 Å². The maximum atomic E-state index is 14.5. The molecule has 0 N–H and O–H groups in total. The molecule has 1 aliphatic heterocycles. The number of amides is 1. The highest BCUT2D eigenvalue weighted by Crippen LogP contribution is 2.30. The zero-order chi connectivity index (χ0) is 24.5. The highest BCUT2D eigenvalue weighted by atomic mass is 32.2. The van der Waals surface area contributed by atoms with Gasteiger partial charge in [-0.2, -0.15) is 0 Å². The Balaban J connectivity index is 1.75. The quantitative estimate of drug-likeness (QED) is 0.512. The Labute approximate surface area is 195 Å². The van der Waals surface area contributed by atoms with Gasteiger partial charge in [-0.15, -0.1) is 0 Å². The molecule has 0 radical (unpaired) electrons. The van der Waals surface area contributed by atoms with Crippen molar-refractivity contribution in [1.82, 2.24) is 0 Å². The molecule has 9 heteroatoms. The van der Waals surface area contributed by atoms with Crippen LogP contribution in [0, 0.1) is 18.6 Å². The number of halogens is 2. The molecule has 1 heterocycles. The van der Waals surface area contributed by atoms with Crippen LogP contribution in [0.1, 0.15) is 26.3 Å². The molecular formula is C25H21F2NO5S. The van der Waals surface area contributed by atoms with Crippen molar-refractivity contribution in [3.8, 4) is 0 Å². The monoisotopic (exact) mass is 485 g/mol. The molecule has 2 atom stereocenters. The van der Waals surface area contributed by atoms with E-state index in [1.165, 1.54) is 36.4 Å². The second-order valence-electron chi connectivity index (χ2n) is 8.06. The Hall–Kier alpha value is -3.59. The van der Waals surface area contributed by atoms with E-state index in [0.29, 0.717) is 5.69 Å². The van der Waals surface area contributed by atoms with E-state index in [0.717, 1.165) is 22.6 Å². The molecule has 0 bridgehead atoms. The van der Waals surface area contributed by atoms with E-state index in [1.807, 2.05) is 6.92 Å². The van der Waals surface area contributed by atoms with E-state index in [1.54, 1.807) is 24.3 Å². The first-order chi connectivity index (χ1) is 16.2. The summed E-state index contributed by atoms with van der Waals surface area (Å²) in [7, 11) is -3.73. The molecule has 1 fully saturated rings. The third-order valence-electron chi connectivity index (χ3n) is 5.59. The zero-order valence-electron chi connectivity index (χ0n) is 18.1. The van der Waals surface area contributed by atoms with Crippen molar-refractivity contribution in [1.29, 1.82) is 0 Å². The average Bonchev–Trinajstić information content (AvgIpc) is 3.09. The minimum atomic E-state index is -3.73. The van der Waals surface area contributed by atoms with Crippen molar-refractivity contribution < 1.29 is 31.5 Å². The minimum Gasteiger partial charge on any atom is -0.455 e. The van der Waals surface area contributed by atoms with Crippen LogP contribution in [-0.4, -0.2) is 43.9 Å². The minimum absolute atomic E-state index is 0.258. The maximum Gasteiger partial charge on any atom is 0.341 e. The smallest absolute Gasteiger partial charge is 0.341 e. The van der Waals surface area contributed by atoms with Gasteiger partial charge in [0.1, 0.15) is 17.7 Å². The molecule has 0 unspecified atom stereocenters. The largest absolute Gasteiger partial charge is 0.455 e. The fraction of sp³-hybridized carbons (Fsp3) is 0.200. The highest BCUT2D eigenvalue weighted by molar-refractivity contribution is 7.91. The van der Waals surface area contributed by atoms with Crippen LogP contribution in [0.3, 0.4) is 0 Å². The van der Waals surface area contributed by atoms with Gasteiger partial charge >= 0.3 is 5.97 Å². The Bertz CT molecular complexity index is 1340. The second kappa shape index (κ2) is 9.34. The molecule has 0 spiro atoms. The first-order valence-electron chi connectivity index (χ1n) is 10.5. The lowest BCUT2D eigenvalue weighted by molar-refractivity contribution is 0.0309. The fourth-order valence-corrected chi connectivity index (χ4v) is 5.72. The third-order valence-corrected chi connectivity index (χ3v) is 7.28. The highest BCUT2D eigenvalue weighted by Gasteiger charge is 2.46. The van der Waals surface area contributed by atoms with Crippen LogP contribution in [0.15, 0.2) is 72.8 Å². The summed E-state index contributed by atoms with van der Waals surface area (Å²) in [6, 6.07) is 16.0. The number of carbonyl (C=O) groups excluding carboxylic acids is 2. The van der Waals surface area contributed by atoms with Gasteiger partial charge in [0.2, 0.25) is 0 Å². The Kier molecular flexibility index (Phi) is 6.47. The molecule has 0 saturated carbocycles. The first kappa shape index (κ1) is 23.6. The molecule has 0 aliphatic carbocycles. The van der Waals surface area contributed by atoms with Gasteiger partial charge in [-0.1, -0.05) is 42.0 Å². The van der Waals surface area contributed by atoms with Crippen molar-refractivity contribution in [2.75, 3.05) is 16.4 Å². The number of hydrogen-bond donors (Lipinski definition) is 0. The Morgan fingerprint density at radius 1 is 0.853 bits per heavy atom. The number of benzene rings is 3. The molecule has 1 amide bonds. The summed E-state index contributed by atoms with van der Waals surface area (Å²) in [4.78, 5) is 27.3. The molecule has 176 valence electrons. The number of esters is 1. The second-order valence-corrected chi connectivity index (χ2v) is 10.2. The number of hydrogen-bond acceptors (Lipinski definition) is 5. The summed E-state index contributed by atoms with van der Waals surface area (Å²) in [5.41, 5.74) is 0.593. The predicted octanol–water partition coefficient (Wildman–Crippen LogP) is 3.94. The summed E-state index contributed by atoms with van der Waals surface area (Å²) >= 11 is 0. The van der Waals surface area contributed by atoms with Crippen molar-refractivity contribution in [3.05, 3.63) is 101 Å². The molecule has 34 heavy (non-hydrogen) atoms. The number of carbonyl (C=O) groups is 2. The molecule has 0 aromatic heterocycles. The summed E-state index contributed by atoms with van der Waals surface area (Å²) in [6.45, 7) is 1.84. The number of nitrogens with zero attached hydrogens (tertiary/aromatic N) is 1. The number of anilines is 1. The summed E-state index contributed by atoms with van der Waals surface area (Å²) < 4.78 is 59.2. The van der Waals surface area contributed by atoms with Crippen LogP contribution in [0.4, 0.5) is 14.5 Å². The van der Waals surface area contributed by atoms with Crippen molar-refractivity contribution in [2.45, 2.75) is 19.1 Å². The fourth-order valence-electron chi connectivity index (χ4n) is 3.91. The van der Waals surface area contributed by atoms with E-state index in [9.17, 15) is 26.8 Å². The Morgan fingerprint density at radius 3 is 2.00 bits per heavy atom. The van der Waals surface area contributed by atoms with Crippen LogP contribution < -0.4 is 4.90 Å². The lowest BCUT2D eigenvalue weighted by Gasteiger charge is -2.32. The molecular weight excluding hydrogens is 464 g/mol. The lowest BCUT2D eigenvalue weighted by atomic mass is 10.1. The number of sulfone groups is 1. The van der Waals surface area contributed by atoms with E-state index >= 15 is 0 Å². The van der Waals surface area contributed by atoms with Gasteiger partial charge < -0.3 is 9.64 Å². The van der Waals surface area contributed by atoms with Crippen molar-refractivity contribution in [3.63, 3.8) is 0 Å². The normalized spacial score (nSPS) is 18.9. The average molecular weight is 486 g/mol. The molecule has 4 rings (SSSR count). The number of ether oxygens (including phenoxy) is 1. The van der Waals surface area contributed by atoms with E-state index in [-0.39, 0.29) is 11.1 Å². The van der Waals surface area contributed by atoms with Gasteiger partial charge in [0.05, 0.1) is 28.7 Å². The van der Waals surface area contributed by atoms with Crippen LogP contribution in [-0.2, 0) is 14.6 Å². The van der Waals surface area contributed by atoms with Gasteiger partial charge in [0.15, 0.2) is 9.84 Å². The Morgan fingerprint density at radius 2 is 1.41 bits per heavy atom. The molecule has 3 aromatic carbocycles. The summed E-state index contributed by atoms with van der Waals surface area (Å²) in [6.07, 6.45) is -1.28. The van der Waals surface area contributed by atoms with E-state index in [4.69, 9.17) is 4.74 Å². The number of rotatable bonds is 5. The van der Waals surface area contributed by atoms with Gasteiger partial charge in [0.25, 0.3) is 5.91 Å². The zero-order valence-corrected chi connectivity index (χ0v) is 19.0. The molecule has 1 aliphatic rings.